The molecule has 0 spiro atoms. The van der Waals surface area contributed by atoms with Gasteiger partial charge in [-0.15, -0.1) is 0 Å². The van der Waals surface area contributed by atoms with Crippen LogP contribution < -0.4 is 4.74 Å². The second-order valence-corrected chi connectivity index (χ2v) is 4.49. The molecule has 0 saturated heterocycles. The van der Waals surface area contributed by atoms with E-state index in [9.17, 15) is 4.79 Å². The van der Waals surface area contributed by atoms with E-state index in [0.717, 1.165) is 5.75 Å². The summed E-state index contributed by atoms with van der Waals surface area (Å²) in [4.78, 5) is 10.9. The van der Waals surface area contributed by atoms with Gasteiger partial charge < -0.3 is 9.84 Å². The molecule has 3 heteroatoms. The van der Waals surface area contributed by atoms with E-state index in [-0.39, 0.29) is 11.5 Å². The molecule has 2 atom stereocenters. The van der Waals surface area contributed by atoms with Crippen LogP contribution in [0.1, 0.15) is 13.8 Å². The number of hydrogen-bond acceptors (Lipinski definition) is 2. The summed E-state index contributed by atoms with van der Waals surface area (Å²) in [6.07, 6.45) is -0.211. The van der Waals surface area contributed by atoms with Gasteiger partial charge in [0.25, 0.3) is 0 Å². The van der Waals surface area contributed by atoms with Gasteiger partial charge >= 0.3 is 5.97 Å². The Bertz CT molecular complexity index is 370. The molecule has 0 amide bonds. The molecule has 0 unspecified atom stereocenters. The molecule has 0 bridgehead atoms. The third-order valence-electron chi connectivity index (χ3n) is 3.00. The molecule has 1 fully saturated rings. The van der Waals surface area contributed by atoms with Gasteiger partial charge in [-0.25, -0.2) is 0 Å². The number of ether oxygens (including phenoxy) is 1. The highest BCUT2D eigenvalue weighted by Crippen LogP contribution is 2.54. The fourth-order valence-corrected chi connectivity index (χ4v) is 1.90. The van der Waals surface area contributed by atoms with E-state index < -0.39 is 11.9 Å². The lowest BCUT2D eigenvalue weighted by atomic mass is 10.1. The van der Waals surface area contributed by atoms with Crippen LogP contribution in [0.25, 0.3) is 0 Å². The van der Waals surface area contributed by atoms with Gasteiger partial charge in [0.1, 0.15) is 17.8 Å². The largest absolute Gasteiger partial charge is 0.489 e. The first kappa shape index (κ1) is 10.0. The van der Waals surface area contributed by atoms with Crippen molar-refractivity contribution >= 4 is 5.97 Å². The van der Waals surface area contributed by atoms with E-state index in [1.807, 2.05) is 44.2 Å². The van der Waals surface area contributed by atoms with Crippen molar-refractivity contribution in [3.63, 3.8) is 0 Å². The van der Waals surface area contributed by atoms with Crippen LogP contribution in [-0.4, -0.2) is 17.2 Å². The Balaban J connectivity index is 2.07. The molecule has 15 heavy (non-hydrogen) atoms. The highest BCUT2D eigenvalue weighted by Gasteiger charge is 2.64. The minimum absolute atomic E-state index is 0.211. The first-order chi connectivity index (χ1) is 7.03. The summed E-state index contributed by atoms with van der Waals surface area (Å²) in [6.45, 7) is 3.83. The standard InChI is InChI=1S/C12H14O3/c1-12(2)9(11(13)14)10(12)15-8-6-4-3-5-7-8/h3-7,9-10H,1-2H3,(H,13,14)/t9-,10+/m1/s1. The maximum atomic E-state index is 10.9. The zero-order valence-electron chi connectivity index (χ0n) is 8.81. The fraction of sp³-hybridized carbons (Fsp3) is 0.417. The lowest BCUT2D eigenvalue weighted by Crippen LogP contribution is -2.07. The summed E-state index contributed by atoms with van der Waals surface area (Å²) in [7, 11) is 0. The van der Waals surface area contributed by atoms with Crippen LogP contribution in [0.15, 0.2) is 30.3 Å². The number of carboxylic acid groups (broad SMARTS) is 1. The second-order valence-electron chi connectivity index (χ2n) is 4.49. The Kier molecular flexibility index (Phi) is 2.18. The Morgan fingerprint density at radius 1 is 1.33 bits per heavy atom. The molecule has 80 valence electrons. The quantitative estimate of drug-likeness (QED) is 0.824. The van der Waals surface area contributed by atoms with Crippen LogP contribution in [0, 0.1) is 11.3 Å². The van der Waals surface area contributed by atoms with Crippen LogP contribution in [0.2, 0.25) is 0 Å². The van der Waals surface area contributed by atoms with E-state index in [4.69, 9.17) is 9.84 Å². The summed E-state index contributed by atoms with van der Waals surface area (Å²) < 4.78 is 5.63. The van der Waals surface area contributed by atoms with Gasteiger partial charge in [0.15, 0.2) is 0 Å². The van der Waals surface area contributed by atoms with Gasteiger partial charge in [0.2, 0.25) is 0 Å². The number of carboxylic acids is 1. The van der Waals surface area contributed by atoms with Crippen LogP contribution >= 0.6 is 0 Å². The second kappa shape index (κ2) is 3.26. The van der Waals surface area contributed by atoms with Gasteiger partial charge in [-0.2, -0.15) is 0 Å². The number of aliphatic carboxylic acids is 1. The smallest absolute Gasteiger partial charge is 0.310 e. The predicted octanol–water partition coefficient (Wildman–Crippen LogP) is 2.17. The van der Waals surface area contributed by atoms with Crippen molar-refractivity contribution in [2.75, 3.05) is 0 Å². The SMILES string of the molecule is CC1(C)[C@@H](Oc2ccccc2)[C@@H]1C(=O)O. The summed E-state index contributed by atoms with van der Waals surface area (Å²) in [6, 6.07) is 9.33. The first-order valence-corrected chi connectivity index (χ1v) is 4.98. The van der Waals surface area contributed by atoms with E-state index in [0.29, 0.717) is 0 Å². The Morgan fingerprint density at radius 2 is 1.93 bits per heavy atom. The zero-order chi connectivity index (χ0) is 11.1. The molecule has 1 saturated carbocycles. The molecule has 0 radical (unpaired) electrons. The molecule has 1 aliphatic rings. The average molecular weight is 206 g/mol. The highest BCUT2D eigenvalue weighted by molar-refractivity contribution is 5.76. The van der Waals surface area contributed by atoms with Gasteiger partial charge in [-0.1, -0.05) is 32.0 Å². The topological polar surface area (TPSA) is 46.5 Å². The van der Waals surface area contributed by atoms with Crippen LogP contribution in [0.5, 0.6) is 5.75 Å². The third-order valence-corrected chi connectivity index (χ3v) is 3.00. The zero-order valence-corrected chi connectivity index (χ0v) is 8.81. The van der Waals surface area contributed by atoms with Crippen molar-refractivity contribution in [3.8, 4) is 5.75 Å². The molecule has 0 aromatic heterocycles. The monoisotopic (exact) mass is 206 g/mol. The van der Waals surface area contributed by atoms with Crippen LogP contribution in [0.4, 0.5) is 0 Å². The van der Waals surface area contributed by atoms with E-state index in [1.165, 1.54) is 0 Å². The Labute approximate surface area is 88.7 Å². The van der Waals surface area contributed by atoms with E-state index in [2.05, 4.69) is 0 Å². The molecule has 0 heterocycles. The minimum Gasteiger partial charge on any atom is -0.489 e. The van der Waals surface area contributed by atoms with Crippen molar-refractivity contribution in [2.24, 2.45) is 11.3 Å². The molecule has 0 aliphatic heterocycles. The Hall–Kier alpha value is -1.51. The maximum absolute atomic E-state index is 10.9. The molecular weight excluding hydrogens is 192 g/mol. The normalized spacial score (nSPS) is 27.1. The Morgan fingerprint density at radius 3 is 2.40 bits per heavy atom. The highest BCUT2D eigenvalue weighted by atomic mass is 16.5. The summed E-state index contributed by atoms with van der Waals surface area (Å²) in [5, 5.41) is 8.96. The van der Waals surface area contributed by atoms with Crippen molar-refractivity contribution in [1.29, 1.82) is 0 Å². The van der Waals surface area contributed by atoms with Gasteiger partial charge in [-0.05, 0) is 12.1 Å². The average Bonchev–Trinajstić information content (AvgIpc) is 2.70. The predicted molar refractivity (Wildman–Crippen MR) is 55.8 cm³/mol. The molecule has 1 aromatic rings. The van der Waals surface area contributed by atoms with Gasteiger partial charge in [0.05, 0.1) is 0 Å². The lowest BCUT2D eigenvalue weighted by Gasteiger charge is -2.06. The number of carbonyl (C=O) groups is 1. The number of hydrogen-bond donors (Lipinski definition) is 1. The van der Waals surface area contributed by atoms with Gasteiger partial charge in [-0.3, -0.25) is 4.79 Å². The summed E-state index contributed by atoms with van der Waals surface area (Å²) >= 11 is 0. The number of rotatable bonds is 3. The lowest BCUT2D eigenvalue weighted by molar-refractivity contribution is -0.139. The molecule has 1 N–H and O–H groups in total. The van der Waals surface area contributed by atoms with Crippen molar-refractivity contribution in [3.05, 3.63) is 30.3 Å². The molecule has 3 nitrogen and oxygen atoms in total. The molecule has 1 aliphatic carbocycles. The van der Waals surface area contributed by atoms with Crippen molar-refractivity contribution < 1.29 is 14.6 Å². The molecule has 1 aromatic carbocycles. The first-order valence-electron chi connectivity index (χ1n) is 4.98. The number of para-hydroxylation sites is 1. The van der Waals surface area contributed by atoms with Gasteiger partial charge in [0, 0.05) is 5.41 Å². The van der Waals surface area contributed by atoms with Crippen LogP contribution in [-0.2, 0) is 4.79 Å². The van der Waals surface area contributed by atoms with E-state index in [1.54, 1.807) is 0 Å². The maximum Gasteiger partial charge on any atom is 0.310 e. The van der Waals surface area contributed by atoms with E-state index >= 15 is 0 Å². The fourth-order valence-electron chi connectivity index (χ4n) is 1.90. The molecule has 2 rings (SSSR count). The third kappa shape index (κ3) is 1.69. The number of benzene rings is 1. The van der Waals surface area contributed by atoms with Crippen molar-refractivity contribution in [2.45, 2.75) is 20.0 Å². The van der Waals surface area contributed by atoms with Crippen LogP contribution in [0.3, 0.4) is 0 Å². The minimum atomic E-state index is -0.777. The summed E-state index contributed by atoms with van der Waals surface area (Å²) in [5.41, 5.74) is -0.262. The molecular formula is C12H14O3. The van der Waals surface area contributed by atoms with Crippen molar-refractivity contribution in [1.82, 2.24) is 0 Å². The summed E-state index contributed by atoms with van der Waals surface area (Å²) in [5.74, 6) is -0.432.